The molecular weight excluding hydrogens is 220 g/mol. The van der Waals surface area contributed by atoms with Gasteiger partial charge in [0.1, 0.15) is 0 Å². The predicted molar refractivity (Wildman–Crippen MR) is 79.2 cm³/mol. The summed E-state index contributed by atoms with van der Waals surface area (Å²) in [5.74, 6) is 0. The summed E-state index contributed by atoms with van der Waals surface area (Å²) < 4.78 is 0. The van der Waals surface area contributed by atoms with Crippen LogP contribution >= 0.6 is 0 Å². The molecule has 1 aliphatic rings. The highest BCUT2D eigenvalue weighted by atomic mass is 15.1. The van der Waals surface area contributed by atoms with Gasteiger partial charge in [0.25, 0.3) is 0 Å². The zero-order valence-corrected chi connectivity index (χ0v) is 11.8. The van der Waals surface area contributed by atoms with E-state index in [9.17, 15) is 0 Å². The molecule has 1 aromatic carbocycles. The van der Waals surface area contributed by atoms with Crippen LogP contribution in [0.1, 0.15) is 43.7 Å². The van der Waals surface area contributed by atoms with Gasteiger partial charge in [-0.05, 0) is 49.6 Å². The van der Waals surface area contributed by atoms with E-state index in [1.165, 1.54) is 55.6 Å². The number of nitrogens with zero attached hydrogens (tertiary/aromatic N) is 1. The Hall–Kier alpha value is -1.02. The highest BCUT2D eigenvalue weighted by Gasteiger charge is 2.10. The van der Waals surface area contributed by atoms with Gasteiger partial charge in [-0.2, -0.15) is 0 Å². The van der Waals surface area contributed by atoms with Crippen molar-refractivity contribution >= 4 is 5.69 Å². The molecule has 1 aliphatic heterocycles. The largest absolute Gasteiger partial charge is 0.372 e. The SMILES string of the molecule is CCNCc1ccc(N2CCCCCC2)cc1C. The molecule has 2 nitrogen and oxygen atoms in total. The molecule has 0 spiro atoms. The Morgan fingerprint density at radius 3 is 2.44 bits per heavy atom. The van der Waals surface area contributed by atoms with Crippen molar-refractivity contribution in [1.29, 1.82) is 0 Å². The number of hydrogen-bond acceptors (Lipinski definition) is 2. The highest BCUT2D eigenvalue weighted by molar-refractivity contribution is 5.51. The van der Waals surface area contributed by atoms with Crippen molar-refractivity contribution in [3.8, 4) is 0 Å². The Kier molecular flexibility index (Phi) is 5.06. The van der Waals surface area contributed by atoms with Crippen LogP contribution in [0.25, 0.3) is 0 Å². The van der Waals surface area contributed by atoms with Gasteiger partial charge in [-0.1, -0.05) is 25.8 Å². The number of rotatable bonds is 4. The Morgan fingerprint density at radius 2 is 1.83 bits per heavy atom. The molecule has 100 valence electrons. The lowest BCUT2D eigenvalue weighted by atomic mass is 10.1. The van der Waals surface area contributed by atoms with Gasteiger partial charge in [-0.3, -0.25) is 0 Å². The van der Waals surface area contributed by atoms with Crippen LogP contribution in [-0.2, 0) is 6.54 Å². The van der Waals surface area contributed by atoms with E-state index in [1.54, 1.807) is 0 Å². The molecule has 0 radical (unpaired) electrons. The van der Waals surface area contributed by atoms with Gasteiger partial charge < -0.3 is 10.2 Å². The molecule has 0 aliphatic carbocycles. The third kappa shape index (κ3) is 3.49. The number of aryl methyl sites for hydroxylation is 1. The molecule has 0 unspecified atom stereocenters. The average Bonchev–Trinajstić information content (AvgIpc) is 2.66. The first-order valence-corrected chi connectivity index (χ1v) is 7.36. The van der Waals surface area contributed by atoms with Crippen LogP contribution in [-0.4, -0.2) is 19.6 Å². The molecule has 0 saturated carbocycles. The Morgan fingerprint density at radius 1 is 1.11 bits per heavy atom. The summed E-state index contributed by atoms with van der Waals surface area (Å²) in [6.45, 7) is 8.86. The van der Waals surface area contributed by atoms with Gasteiger partial charge in [0.2, 0.25) is 0 Å². The molecule has 0 bridgehead atoms. The molecule has 1 heterocycles. The third-order valence-corrected chi connectivity index (χ3v) is 3.86. The maximum Gasteiger partial charge on any atom is 0.0369 e. The van der Waals surface area contributed by atoms with Gasteiger partial charge in [0.15, 0.2) is 0 Å². The van der Waals surface area contributed by atoms with Gasteiger partial charge in [-0.15, -0.1) is 0 Å². The maximum absolute atomic E-state index is 3.40. The van der Waals surface area contributed by atoms with Crippen molar-refractivity contribution < 1.29 is 0 Å². The maximum atomic E-state index is 3.40. The van der Waals surface area contributed by atoms with Crippen molar-refractivity contribution in [1.82, 2.24) is 5.32 Å². The Labute approximate surface area is 111 Å². The summed E-state index contributed by atoms with van der Waals surface area (Å²) in [6.07, 6.45) is 5.48. The summed E-state index contributed by atoms with van der Waals surface area (Å²) in [6, 6.07) is 6.95. The van der Waals surface area contributed by atoms with E-state index < -0.39 is 0 Å². The first kappa shape index (κ1) is 13.4. The van der Waals surface area contributed by atoms with Crippen LogP contribution < -0.4 is 10.2 Å². The van der Waals surface area contributed by atoms with Crippen molar-refractivity contribution in [2.45, 2.75) is 46.1 Å². The van der Waals surface area contributed by atoms with Crippen LogP contribution in [0.2, 0.25) is 0 Å². The van der Waals surface area contributed by atoms with Crippen molar-refractivity contribution in [3.05, 3.63) is 29.3 Å². The average molecular weight is 246 g/mol. The molecule has 2 rings (SSSR count). The molecule has 1 saturated heterocycles. The molecule has 1 N–H and O–H groups in total. The lowest BCUT2D eigenvalue weighted by Gasteiger charge is -2.23. The standard InChI is InChI=1S/C16H26N2/c1-3-17-13-15-8-9-16(12-14(15)2)18-10-6-4-5-7-11-18/h8-9,12,17H,3-7,10-11,13H2,1-2H3. The number of hydrogen-bond donors (Lipinski definition) is 1. The van der Waals surface area contributed by atoms with Crippen LogP contribution in [0.15, 0.2) is 18.2 Å². The molecule has 0 amide bonds. The van der Waals surface area contributed by atoms with Gasteiger partial charge >= 0.3 is 0 Å². The summed E-state index contributed by atoms with van der Waals surface area (Å²) >= 11 is 0. The van der Waals surface area contributed by atoms with E-state index in [0.29, 0.717) is 0 Å². The second-order valence-electron chi connectivity index (χ2n) is 5.29. The summed E-state index contributed by atoms with van der Waals surface area (Å²) in [5, 5.41) is 3.40. The van der Waals surface area contributed by atoms with Gasteiger partial charge in [-0.25, -0.2) is 0 Å². The normalized spacial score (nSPS) is 16.7. The molecule has 1 aromatic rings. The van der Waals surface area contributed by atoms with E-state index in [1.807, 2.05) is 0 Å². The molecule has 2 heteroatoms. The second kappa shape index (κ2) is 6.79. The fraction of sp³-hybridized carbons (Fsp3) is 0.625. The summed E-state index contributed by atoms with van der Waals surface area (Å²) in [7, 11) is 0. The van der Waals surface area contributed by atoms with E-state index >= 15 is 0 Å². The van der Waals surface area contributed by atoms with Crippen LogP contribution in [0, 0.1) is 6.92 Å². The number of benzene rings is 1. The smallest absolute Gasteiger partial charge is 0.0369 e. The minimum atomic E-state index is 0.989. The quantitative estimate of drug-likeness (QED) is 0.875. The van der Waals surface area contributed by atoms with Crippen molar-refractivity contribution in [2.24, 2.45) is 0 Å². The Bertz CT molecular complexity index is 365. The molecule has 0 atom stereocenters. The van der Waals surface area contributed by atoms with E-state index in [0.717, 1.165) is 13.1 Å². The van der Waals surface area contributed by atoms with E-state index in [2.05, 4.69) is 42.3 Å². The Balaban J connectivity index is 2.06. The minimum absolute atomic E-state index is 0.989. The molecule has 1 fully saturated rings. The van der Waals surface area contributed by atoms with Crippen LogP contribution in [0.5, 0.6) is 0 Å². The first-order valence-electron chi connectivity index (χ1n) is 7.36. The van der Waals surface area contributed by atoms with E-state index in [-0.39, 0.29) is 0 Å². The van der Waals surface area contributed by atoms with Crippen molar-refractivity contribution in [3.63, 3.8) is 0 Å². The molecule has 0 aromatic heterocycles. The summed E-state index contributed by atoms with van der Waals surface area (Å²) in [5.41, 5.74) is 4.25. The third-order valence-electron chi connectivity index (χ3n) is 3.86. The second-order valence-corrected chi connectivity index (χ2v) is 5.29. The fourth-order valence-electron chi connectivity index (χ4n) is 2.66. The molecular formula is C16H26N2. The fourth-order valence-corrected chi connectivity index (χ4v) is 2.66. The van der Waals surface area contributed by atoms with Gasteiger partial charge in [0.05, 0.1) is 0 Å². The first-order chi connectivity index (χ1) is 8.81. The highest BCUT2D eigenvalue weighted by Crippen LogP contribution is 2.22. The molecule has 18 heavy (non-hydrogen) atoms. The number of anilines is 1. The monoisotopic (exact) mass is 246 g/mol. The van der Waals surface area contributed by atoms with E-state index in [4.69, 9.17) is 0 Å². The number of nitrogens with one attached hydrogen (secondary N) is 1. The predicted octanol–water partition coefficient (Wildman–Crippen LogP) is 3.48. The van der Waals surface area contributed by atoms with Gasteiger partial charge in [0, 0.05) is 25.3 Å². The van der Waals surface area contributed by atoms with Crippen LogP contribution in [0.4, 0.5) is 5.69 Å². The zero-order valence-electron chi connectivity index (χ0n) is 11.8. The summed E-state index contributed by atoms with van der Waals surface area (Å²) in [4.78, 5) is 2.55. The van der Waals surface area contributed by atoms with Crippen LogP contribution in [0.3, 0.4) is 0 Å². The zero-order chi connectivity index (χ0) is 12.8. The topological polar surface area (TPSA) is 15.3 Å². The van der Waals surface area contributed by atoms with Crippen molar-refractivity contribution in [2.75, 3.05) is 24.5 Å². The minimum Gasteiger partial charge on any atom is -0.372 e. The lowest BCUT2D eigenvalue weighted by Crippen LogP contribution is -2.24. The lowest BCUT2D eigenvalue weighted by molar-refractivity contribution is 0.723.